The molecule has 2 aliphatic rings. The van der Waals surface area contributed by atoms with Gasteiger partial charge in [0.15, 0.2) is 0 Å². The van der Waals surface area contributed by atoms with Gasteiger partial charge in [-0.25, -0.2) is 0 Å². The SMILES string of the molecule is CCCCCCC(OC1=CCC(c2ccc(Cl)cc2)C=C1)C1C=CC(C(=O)NCCC(=O)O)=CC1. The molecule has 3 unspecified atom stereocenters. The number of rotatable bonds is 13. The van der Waals surface area contributed by atoms with Crippen molar-refractivity contribution in [3.05, 3.63) is 82.6 Å². The summed E-state index contributed by atoms with van der Waals surface area (Å²) in [6, 6.07) is 8.00. The molecule has 0 radical (unpaired) electrons. The van der Waals surface area contributed by atoms with Crippen molar-refractivity contribution in [2.24, 2.45) is 5.92 Å². The summed E-state index contributed by atoms with van der Waals surface area (Å²) in [6.45, 7) is 2.34. The second kappa shape index (κ2) is 13.9. The lowest BCUT2D eigenvalue weighted by Crippen LogP contribution is -2.29. The second-order valence-corrected chi connectivity index (χ2v) is 9.62. The van der Waals surface area contributed by atoms with Crippen LogP contribution in [0.1, 0.15) is 69.8 Å². The molecule has 0 bridgehead atoms. The van der Waals surface area contributed by atoms with E-state index >= 15 is 0 Å². The topological polar surface area (TPSA) is 75.6 Å². The number of carboxylic acid groups (broad SMARTS) is 1. The molecule has 6 heteroatoms. The average molecular weight is 498 g/mol. The normalized spacial score (nSPS) is 20.1. The van der Waals surface area contributed by atoms with Crippen molar-refractivity contribution in [2.75, 3.05) is 6.54 Å². The van der Waals surface area contributed by atoms with Crippen LogP contribution in [0, 0.1) is 5.92 Å². The van der Waals surface area contributed by atoms with E-state index in [4.69, 9.17) is 21.4 Å². The molecule has 35 heavy (non-hydrogen) atoms. The third kappa shape index (κ3) is 8.74. The fourth-order valence-corrected chi connectivity index (χ4v) is 4.54. The lowest BCUT2D eigenvalue weighted by molar-refractivity contribution is -0.136. The first kappa shape index (κ1) is 26.8. The number of ether oxygens (including phenoxy) is 1. The van der Waals surface area contributed by atoms with Crippen LogP contribution in [0.5, 0.6) is 0 Å². The number of allylic oxidation sites excluding steroid dienone is 4. The molecule has 0 spiro atoms. The van der Waals surface area contributed by atoms with Crippen molar-refractivity contribution in [3.8, 4) is 0 Å². The lowest BCUT2D eigenvalue weighted by Gasteiger charge is -2.29. The van der Waals surface area contributed by atoms with Gasteiger partial charge in [-0.05, 0) is 55.5 Å². The molecule has 2 N–H and O–H groups in total. The Bertz CT molecular complexity index is 977. The number of hydrogen-bond donors (Lipinski definition) is 2. The summed E-state index contributed by atoms with van der Waals surface area (Å²) in [5, 5.41) is 12.2. The maximum absolute atomic E-state index is 12.3. The monoisotopic (exact) mass is 497 g/mol. The minimum atomic E-state index is -0.924. The Labute approximate surface area is 213 Å². The van der Waals surface area contributed by atoms with E-state index < -0.39 is 5.97 Å². The molecule has 0 aromatic heterocycles. The van der Waals surface area contributed by atoms with Crippen LogP contribution in [-0.4, -0.2) is 29.6 Å². The standard InChI is InChI=1S/C29H36ClNO4/c1-2-3-4-5-6-27(23-7-9-24(10-8-23)29(34)31-20-19-28(32)33)35-26-17-13-22(14-18-26)21-11-15-25(30)16-12-21/h7,9-13,15-18,22-23,27H,2-6,8,14,19-20H2,1H3,(H,31,34)(H,32,33). The molecule has 0 saturated carbocycles. The predicted octanol–water partition coefficient (Wildman–Crippen LogP) is 6.72. The number of hydrogen-bond acceptors (Lipinski definition) is 3. The highest BCUT2D eigenvalue weighted by Gasteiger charge is 2.24. The van der Waals surface area contributed by atoms with Gasteiger partial charge in [0.25, 0.3) is 5.91 Å². The number of nitrogens with one attached hydrogen (secondary N) is 1. The molecule has 3 rings (SSSR count). The third-order valence-corrected chi connectivity index (χ3v) is 6.74. The molecule has 0 saturated heterocycles. The van der Waals surface area contributed by atoms with Crippen molar-refractivity contribution < 1.29 is 19.4 Å². The highest BCUT2D eigenvalue weighted by molar-refractivity contribution is 6.30. The van der Waals surface area contributed by atoms with Gasteiger partial charge in [0.05, 0.1) is 6.42 Å². The summed E-state index contributed by atoms with van der Waals surface area (Å²) in [7, 11) is 0. The second-order valence-electron chi connectivity index (χ2n) is 9.18. The van der Waals surface area contributed by atoms with Crippen LogP contribution < -0.4 is 5.32 Å². The zero-order chi connectivity index (χ0) is 25.0. The van der Waals surface area contributed by atoms with Gasteiger partial charge in [-0.2, -0.15) is 0 Å². The Kier molecular flexibility index (Phi) is 10.7. The Morgan fingerprint density at radius 2 is 1.89 bits per heavy atom. The minimum Gasteiger partial charge on any atom is -0.490 e. The zero-order valence-electron chi connectivity index (χ0n) is 20.4. The van der Waals surface area contributed by atoms with E-state index in [1.54, 1.807) is 0 Å². The maximum atomic E-state index is 12.3. The maximum Gasteiger partial charge on any atom is 0.305 e. The molecule has 5 nitrogen and oxygen atoms in total. The van der Waals surface area contributed by atoms with Crippen LogP contribution in [0.15, 0.2) is 72.1 Å². The van der Waals surface area contributed by atoms with E-state index in [1.165, 1.54) is 24.8 Å². The average Bonchev–Trinajstić information content (AvgIpc) is 2.86. The van der Waals surface area contributed by atoms with Gasteiger partial charge >= 0.3 is 5.97 Å². The summed E-state index contributed by atoms with van der Waals surface area (Å²) in [4.78, 5) is 23.0. The first-order valence-corrected chi connectivity index (χ1v) is 13.0. The summed E-state index contributed by atoms with van der Waals surface area (Å²) >= 11 is 6.02. The lowest BCUT2D eigenvalue weighted by atomic mass is 9.88. The van der Waals surface area contributed by atoms with E-state index in [0.717, 1.165) is 36.5 Å². The fraction of sp³-hybridized carbons (Fsp3) is 0.448. The first-order valence-electron chi connectivity index (χ1n) is 12.6. The highest BCUT2D eigenvalue weighted by atomic mass is 35.5. The smallest absolute Gasteiger partial charge is 0.305 e. The van der Waals surface area contributed by atoms with Gasteiger partial charge in [0, 0.05) is 29.0 Å². The van der Waals surface area contributed by atoms with Crippen LogP contribution in [0.25, 0.3) is 0 Å². The number of carboxylic acids is 1. The van der Waals surface area contributed by atoms with Crippen LogP contribution in [0.4, 0.5) is 0 Å². The molecular weight excluding hydrogens is 462 g/mol. The van der Waals surface area contributed by atoms with Crippen LogP contribution in [0.3, 0.4) is 0 Å². The minimum absolute atomic E-state index is 0.0407. The van der Waals surface area contributed by atoms with E-state index in [9.17, 15) is 9.59 Å². The van der Waals surface area contributed by atoms with Crippen LogP contribution >= 0.6 is 11.6 Å². The first-order chi connectivity index (χ1) is 17.0. The highest BCUT2D eigenvalue weighted by Crippen LogP contribution is 2.32. The van der Waals surface area contributed by atoms with Gasteiger partial charge < -0.3 is 15.2 Å². The van der Waals surface area contributed by atoms with Crippen molar-refractivity contribution in [1.29, 1.82) is 0 Å². The van der Waals surface area contributed by atoms with E-state index in [0.29, 0.717) is 11.5 Å². The van der Waals surface area contributed by atoms with Gasteiger partial charge in [0.2, 0.25) is 0 Å². The predicted molar refractivity (Wildman–Crippen MR) is 140 cm³/mol. The molecule has 1 aromatic rings. The summed E-state index contributed by atoms with van der Waals surface area (Å²) in [5.41, 5.74) is 1.82. The van der Waals surface area contributed by atoms with Crippen molar-refractivity contribution in [1.82, 2.24) is 5.32 Å². The van der Waals surface area contributed by atoms with Crippen LogP contribution in [0.2, 0.25) is 5.02 Å². The number of amides is 1. The Morgan fingerprint density at radius 3 is 2.51 bits per heavy atom. The van der Waals surface area contributed by atoms with E-state index in [1.807, 2.05) is 24.3 Å². The Hall–Kier alpha value is -2.79. The van der Waals surface area contributed by atoms with Gasteiger partial charge in [-0.15, -0.1) is 0 Å². The number of benzene rings is 1. The van der Waals surface area contributed by atoms with E-state index in [2.05, 4.69) is 48.7 Å². The van der Waals surface area contributed by atoms with Gasteiger partial charge in [-0.1, -0.05) is 74.2 Å². The van der Waals surface area contributed by atoms with Crippen molar-refractivity contribution in [2.45, 2.75) is 70.3 Å². The number of aliphatic carboxylic acids is 1. The molecule has 1 aromatic carbocycles. The van der Waals surface area contributed by atoms with Crippen LogP contribution in [-0.2, 0) is 14.3 Å². The molecule has 3 atom stereocenters. The molecule has 2 aliphatic carbocycles. The summed E-state index contributed by atoms with van der Waals surface area (Å²) in [6.07, 6.45) is 19.5. The third-order valence-electron chi connectivity index (χ3n) is 6.49. The largest absolute Gasteiger partial charge is 0.490 e. The number of carbonyl (C=O) groups is 2. The molecular formula is C29H36ClNO4. The van der Waals surface area contributed by atoms with E-state index in [-0.39, 0.29) is 30.9 Å². The molecule has 0 fully saturated rings. The molecule has 0 aliphatic heterocycles. The Balaban J connectivity index is 1.58. The number of unbranched alkanes of at least 4 members (excludes halogenated alkanes) is 3. The summed E-state index contributed by atoms with van der Waals surface area (Å²) in [5.74, 6) is 0.266. The number of carbonyl (C=O) groups excluding carboxylic acids is 1. The quantitative estimate of drug-likeness (QED) is 0.297. The fourth-order valence-electron chi connectivity index (χ4n) is 4.42. The molecule has 1 amide bonds. The zero-order valence-corrected chi connectivity index (χ0v) is 21.2. The van der Waals surface area contributed by atoms with Gasteiger partial charge in [-0.3, -0.25) is 9.59 Å². The van der Waals surface area contributed by atoms with Crippen molar-refractivity contribution in [3.63, 3.8) is 0 Å². The van der Waals surface area contributed by atoms with Crippen molar-refractivity contribution >= 4 is 23.5 Å². The summed E-state index contributed by atoms with van der Waals surface area (Å²) < 4.78 is 6.51. The van der Waals surface area contributed by atoms with Gasteiger partial charge in [0.1, 0.15) is 11.9 Å². The molecule has 0 heterocycles. The Morgan fingerprint density at radius 1 is 1.09 bits per heavy atom. The number of halogens is 1. The molecule has 188 valence electrons.